The van der Waals surface area contributed by atoms with Crippen LogP contribution in [0.15, 0.2) is 29.7 Å². The Kier molecular flexibility index (Phi) is 3.85. The summed E-state index contributed by atoms with van der Waals surface area (Å²) in [6.45, 7) is 3.35. The number of benzene rings is 1. The Morgan fingerprint density at radius 3 is 3.10 bits per heavy atom. The van der Waals surface area contributed by atoms with Crippen LogP contribution in [-0.4, -0.2) is 25.7 Å². The summed E-state index contributed by atoms with van der Waals surface area (Å²) < 4.78 is 7.67. The predicted octanol–water partition coefficient (Wildman–Crippen LogP) is 2.39. The van der Waals surface area contributed by atoms with Crippen molar-refractivity contribution in [1.29, 1.82) is 0 Å². The van der Waals surface area contributed by atoms with E-state index in [-0.39, 0.29) is 0 Å². The standard InChI is InChI=1S/C15H18N4O2/c1-2-7-19-15(16-10-17-19)9-21-12-4-5-13-11(8-12)3-6-14(13)18-20/h4-5,8,10,20H,2-3,6-7,9H2,1H3/b18-14+. The summed E-state index contributed by atoms with van der Waals surface area (Å²) in [6, 6.07) is 5.85. The topological polar surface area (TPSA) is 72.5 Å². The molecule has 0 fully saturated rings. The Labute approximate surface area is 123 Å². The second-order valence-corrected chi connectivity index (χ2v) is 5.05. The first-order chi connectivity index (χ1) is 10.3. The summed E-state index contributed by atoms with van der Waals surface area (Å²) >= 11 is 0. The van der Waals surface area contributed by atoms with Crippen molar-refractivity contribution in [3.63, 3.8) is 0 Å². The summed E-state index contributed by atoms with van der Waals surface area (Å²) in [6.07, 6.45) is 4.23. The van der Waals surface area contributed by atoms with E-state index in [0.717, 1.165) is 54.2 Å². The second kappa shape index (κ2) is 5.95. The Balaban J connectivity index is 1.70. The van der Waals surface area contributed by atoms with Crippen molar-refractivity contribution >= 4 is 5.71 Å². The highest BCUT2D eigenvalue weighted by molar-refractivity contribution is 6.04. The zero-order chi connectivity index (χ0) is 14.7. The molecule has 3 rings (SSSR count). The molecule has 2 aromatic rings. The molecular weight excluding hydrogens is 268 g/mol. The second-order valence-electron chi connectivity index (χ2n) is 5.05. The smallest absolute Gasteiger partial charge is 0.164 e. The molecule has 0 aliphatic heterocycles. The number of aromatic nitrogens is 3. The lowest BCUT2D eigenvalue weighted by molar-refractivity contribution is 0.286. The van der Waals surface area contributed by atoms with Gasteiger partial charge in [-0.1, -0.05) is 12.1 Å². The van der Waals surface area contributed by atoms with Gasteiger partial charge in [-0.15, -0.1) is 0 Å². The number of hydrogen-bond donors (Lipinski definition) is 1. The van der Waals surface area contributed by atoms with Gasteiger partial charge >= 0.3 is 0 Å². The van der Waals surface area contributed by atoms with Crippen molar-refractivity contribution in [2.75, 3.05) is 0 Å². The lowest BCUT2D eigenvalue weighted by atomic mass is 10.1. The van der Waals surface area contributed by atoms with Crippen LogP contribution in [0.4, 0.5) is 0 Å². The fourth-order valence-corrected chi connectivity index (χ4v) is 2.59. The molecule has 1 aromatic carbocycles. The minimum absolute atomic E-state index is 0.403. The van der Waals surface area contributed by atoms with Gasteiger partial charge in [0.1, 0.15) is 18.7 Å². The van der Waals surface area contributed by atoms with E-state index in [9.17, 15) is 0 Å². The van der Waals surface area contributed by atoms with Crippen LogP contribution in [0.5, 0.6) is 5.75 Å². The van der Waals surface area contributed by atoms with Crippen molar-refractivity contribution in [2.45, 2.75) is 39.3 Å². The van der Waals surface area contributed by atoms with Crippen LogP contribution in [0.2, 0.25) is 0 Å². The fraction of sp³-hybridized carbons (Fsp3) is 0.400. The molecule has 1 aromatic heterocycles. The Morgan fingerprint density at radius 1 is 1.38 bits per heavy atom. The van der Waals surface area contributed by atoms with Crippen molar-refractivity contribution in [3.8, 4) is 5.75 Å². The number of ether oxygens (including phenoxy) is 1. The molecule has 0 saturated heterocycles. The molecule has 0 amide bonds. The van der Waals surface area contributed by atoms with E-state index in [1.807, 2.05) is 22.9 Å². The van der Waals surface area contributed by atoms with Gasteiger partial charge in [-0.05, 0) is 43.0 Å². The van der Waals surface area contributed by atoms with Gasteiger partial charge in [0, 0.05) is 12.1 Å². The first kappa shape index (κ1) is 13.6. The molecule has 6 nitrogen and oxygen atoms in total. The molecule has 1 N–H and O–H groups in total. The van der Waals surface area contributed by atoms with Crippen LogP contribution >= 0.6 is 0 Å². The molecule has 110 valence electrons. The Morgan fingerprint density at radius 2 is 2.29 bits per heavy atom. The van der Waals surface area contributed by atoms with Gasteiger partial charge in [0.25, 0.3) is 0 Å². The van der Waals surface area contributed by atoms with Gasteiger partial charge < -0.3 is 9.94 Å². The first-order valence-electron chi connectivity index (χ1n) is 7.15. The van der Waals surface area contributed by atoms with Crippen LogP contribution in [0.25, 0.3) is 0 Å². The molecule has 1 aliphatic carbocycles. The van der Waals surface area contributed by atoms with Gasteiger partial charge in [0.15, 0.2) is 5.82 Å². The minimum Gasteiger partial charge on any atom is -0.486 e. The van der Waals surface area contributed by atoms with Gasteiger partial charge in [-0.3, -0.25) is 0 Å². The van der Waals surface area contributed by atoms with Gasteiger partial charge in [0.2, 0.25) is 0 Å². The molecule has 0 radical (unpaired) electrons. The summed E-state index contributed by atoms with van der Waals surface area (Å²) in [5.74, 6) is 1.63. The van der Waals surface area contributed by atoms with Crippen LogP contribution in [-0.2, 0) is 19.6 Å². The maximum absolute atomic E-state index is 8.93. The van der Waals surface area contributed by atoms with E-state index >= 15 is 0 Å². The van der Waals surface area contributed by atoms with E-state index < -0.39 is 0 Å². The lowest BCUT2D eigenvalue weighted by Crippen LogP contribution is -2.08. The third kappa shape index (κ3) is 2.74. The van der Waals surface area contributed by atoms with Crippen LogP contribution in [0.1, 0.15) is 36.7 Å². The molecule has 21 heavy (non-hydrogen) atoms. The van der Waals surface area contributed by atoms with Crippen LogP contribution < -0.4 is 4.74 Å². The van der Waals surface area contributed by atoms with Crippen molar-refractivity contribution in [3.05, 3.63) is 41.5 Å². The summed E-state index contributed by atoms with van der Waals surface area (Å²) in [7, 11) is 0. The highest BCUT2D eigenvalue weighted by Crippen LogP contribution is 2.27. The van der Waals surface area contributed by atoms with Gasteiger partial charge in [0.05, 0.1) is 5.71 Å². The third-order valence-electron chi connectivity index (χ3n) is 3.64. The Bertz CT molecular complexity index is 663. The maximum Gasteiger partial charge on any atom is 0.164 e. The number of rotatable bonds is 5. The maximum atomic E-state index is 8.93. The zero-order valence-electron chi connectivity index (χ0n) is 12.0. The van der Waals surface area contributed by atoms with Crippen LogP contribution in [0, 0.1) is 0 Å². The average Bonchev–Trinajstić information content (AvgIpc) is 3.11. The summed E-state index contributed by atoms with van der Waals surface area (Å²) in [4.78, 5) is 4.22. The fourth-order valence-electron chi connectivity index (χ4n) is 2.59. The zero-order valence-corrected chi connectivity index (χ0v) is 12.0. The monoisotopic (exact) mass is 286 g/mol. The SMILES string of the molecule is CCCn1ncnc1COc1ccc2c(c1)CC/C2=N\O. The highest BCUT2D eigenvalue weighted by Gasteiger charge is 2.18. The molecular formula is C15H18N4O2. The number of aryl methyl sites for hydroxylation is 2. The third-order valence-corrected chi connectivity index (χ3v) is 3.64. The molecule has 1 heterocycles. The number of oxime groups is 1. The van der Waals surface area contributed by atoms with Gasteiger partial charge in [-0.2, -0.15) is 5.10 Å². The van der Waals surface area contributed by atoms with E-state index in [0.29, 0.717) is 6.61 Å². The molecule has 0 bridgehead atoms. The number of hydrogen-bond acceptors (Lipinski definition) is 5. The van der Waals surface area contributed by atoms with Crippen molar-refractivity contribution < 1.29 is 9.94 Å². The first-order valence-corrected chi connectivity index (χ1v) is 7.15. The van der Waals surface area contributed by atoms with E-state index in [1.54, 1.807) is 6.33 Å². The predicted molar refractivity (Wildman–Crippen MR) is 77.7 cm³/mol. The molecule has 1 aliphatic rings. The van der Waals surface area contributed by atoms with E-state index in [2.05, 4.69) is 22.2 Å². The quantitative estimate of drug-likeness (QED) is 0.676. The number of nitrogens with zero attached hydrogens (tertiary/aromatic N) is 4. The molecule has 6 heteroatoms. The van der Waals surface area contributed by atoms with Crippen molar-refractivity contribution in [1.82, 2.24) is 14.8 Å². The summed E-state index contributed by atoms with van der Waals surface area (Å²) in [5, 5.41) is 16.4. The normalized spacial score (nSPS) is 15.4. The summed E-state index contributed by atoms with van der Waals surface area (Å²) in [5.41, 5.74) is 2.92. The largest absolute Gasteiger partial charge is 0.486 e. The number of fused-ring (bicyclic) bond motifs is 1. The van der Waals surface area contributed by atoms with Crippen LogP contribution in [0.3, 0.4) is 0 Å². The van der Waals surface area contributed by atoms with E-state index in [1.165, 1.54) is 0 Å². The van der Waals surface area contributed by atoms with E-state index in [4.69, 9.17) is 9.94 Å². The Hall–Kier alpha value is -2.37. The minimum atomic E-state index is 0.403. The highest BCUT2D eigenvalue weighted by atomic mass is 16.5. The average molecular weight is 286 g/mol. The molecule has 0 spiro atoms. The molecule has 0 unspecified atom stereocenters. The van der Waals surface area contributed by atoms with Crippen molar-refractivity contribution in [2.24, 2.45) is 5.16 Å². The molecule has 0 saturated carbocycles. The van der Waals surface area contributed by atoms with Gasteiger partial charge in [-0.25, -0.2) is 9.67 Å². The lowest BCUT2D eigenvalue weighted by Gasteiger charge is -2.08. The molecule has 0 atom stereocenters.